The number of ether oxygens (including phenoxy) is 1. The van der Waals surface area contributed by atoms with Gasteiger partial charge in [-0.25, -0.2) is 14.4 Å². The van der Waals surface area contributed by atoms with Gasteiger partial charge < -0.3 is 15.4 Å². The van der Waals surface area contributed by atoms with Gasteiger partial charge in [0.1, 0.15) is 0 Å². The first kappa shape index (κ1) is 15.2. The lowest BCUT2D eigenvalue weighted by Crippen LogP contribution is -2.43. The van der Waals surface area contributed by atoms with E-state index in [0.717, 1.165) is 11.3 Å². The summed E-state index contributed by atoms with van der Waals surface area (Å²) in [4.78, 5) is 22.3. The first-order chi connectivity index (χ1) is 11.0. The molecule has 3 rings (SSSR count). The van der Waals surface area contributed by atoms with Gasteiger partial charge in [0.15, 0.2) is 17.7 Å². The van der Waals surface area contributed by atoms with Gasteiger partial charge in [0.05, 0.1) is 12.2 Å². The Morgan fingerprint density at radius 2 is 2.22 bits per heavy atom. The van der Waals surface area contributed by atoms with Gasteiger partial charge in [-0.3, -0.25) is 4.79 Å². The molecule has 0 spiro atoms. The molecule has 1 aliphatic heterocycles. The number of anilines is 1. The van der Waals surface area contributed by atoms with E-state index in [-0.39, 0.29) is 17.6 Å². The van der Waals surface area contributed by atoms with Gasteiger partial charge in [-0.15, -0.1) is 0 Å². The minimum absolute atomic E-state index is 0.0670. The molecule has 2 heterocycles. The van der Waals surface area contributed by atoms with Crippen molar-refractivity contribution in [1.82, 2.24) is 14.9 Å². The molecule has 1 unspecified atom stereocenters. The Labute approximate surface area is 133 Å². The molecule has 1 amide bonds. The molecule has 7 heteroatoms. The summed E-state index contributed by atoms with van der Waals surface area (Å²) in [5, 5.41) is 0. The van der Waals surface area contributed by atoms with Crippen molar-refractivity contribution < 1.29 is 13.9 Å². The van der Waals surface area contributed by atoms with Gasteiger partial charge in [-0.05, 0) is 31.0 Å². The summed E-state index contributed by atoms with van der Waals surface area (Å²) in [6.45, 7) is 2.51. The fourth-order valence-electron chi connectivity index (χ4n) is 2.54. The number of rotatable bonds is 3. The van der Waals surface area contributed by atoms with Gasteiger partial charge in [-0.1, -0.05) is 12.1 Å². The molecule has 1 atom stereocenters. The number of benzene rings is 1. The van der Waals surface area contributed by atoms with Crippen molar-refractivity contribution in [2.24, 2.45) is 0 Å². The summed E-state index contributed by atoms with van der Waals surface area (Å²) in [7, 11) is 0. The van der Waals surface area contributed by atoms with Gasteiger partial charge in [0, 0.05) is 12.7 Å². The van der Waals surface area contributed by atoms with Crippen LogP contribution in [-0.2, 0) is 17.8 Å². The van der Waals surface area contributed by atoms with E-state index in [9.17, 15) is 9.18 Å². The van der Waals surface area contributed by atoms with Crippen LogP contribution in [-0.4, -0.2) is 33.4 Å². The number of fused-ring (bicyclic) bond motifs is 1. The fraction of sp³-hybridized carbons (Fsp3) is 0.312. The van der Waals surface area contributed by atoms with Crippen molar-refractivity contribution in [2.75, 3.05) is 12.3 Å². The molecule has 1 aromatic heterocycles. The molecular weight excluding hydrogens is 299 g/mol. The monoisotopic (exact) mass is 316 g/mol. The number of halogens is 1. The summed E-state index contributed by atoms with van der Waals surface area (Å²) in [6.07, 6.45) is 1.57. The van der Waals surface area contributed by atoms with E-state index < -0.39 is 11.9 Å². The predicted octanol–water partition coefficient (Wildman–Crippen LogP) is 1.55. The second-order valence-electron chi connectivity index (χ2n) is 5.40. The number of para-hydroxylation sites is 1. The zero-order chi connectivity index (χ0) is 16.4. The van der Waals surface area contributed by atoms with E-state index in [1.165, 1.54) is 12.1 Å². The predicted molar refractivity (Wildman–Crippen MR) is 82.1 cm³/mol. The zero-order valence-corrected chi connectivity index (χ0v) is 12.7. The summed E-state index contributed by atoms with van der Waals surface area (Å²) >= 11 is 0. The lowest BCUT2D eigenvalue weighted by atomic mass is 10.1. The van der Waals surface area contributed by atoms with Gasteiger partial charge in [-0.2, -0.15) is 0 Å². The third-order valence-electron chi connectivity index (χ3n) is 3.76. The van der Waals surface area contributed by atoms with Crippen molar-refractivity contribution in [1.29, 1.82) is 0 Å². The molecule has 1 aromatic carbocycles. The normalized spacial score (nSPS) is 15.0. The van der Waals surface area contributed by atoms with Gasteiger partial charge in [0.2, 0.25) is 5.95 Å². The summed E-state index contributed by atoms with van der Waals surface area (Å²) < 4.78 is 19.1. The summed E-state index contributed by atoms with van der Waals surface area (Å²) in [5.41, 5.74) is 7.33. The molecule has 120 valence electrons. The molecule has 6 nitrogen and oxygen atoms in total. The first-order valence-electron chi connectivity index (χ1n) is 7.35. The van der Waals surface area contributed by atoms with Gasteiger partial charge in [0.25, 0.3) is 5.91 Å². The third-order valence-corrected chi connectivity index (χ3v) is 3.76. The molecule has 0 saturated heterocycles. The number of hydrogen-bond donors (Lipinski definition) is 1. The lowest BCUT2D eigenvalue weighted by molar-refractivity contribution is -0.139. The molecule has 0 fully saturated rings. The van der Waals surface area contributed by atoms with Gasteiger partial charge >= 0.3 is 0 Å². The molecule has 23 heavy (non-hydrogen) atoms. The van der Waals surface area contributed by atoms with Crippen molar-refractivity contribution in [2.45, 2.75) is 26.0 Å². The van der Waals surface area contributed by atoms with Crippen molar-refractivity contribution in [3.05, 3.63) is 47.5 Å². The molecule has 0 bridgehead atoms. The Kier molecular flexibility index (Phi) is 4.10. The van der Waals surface area contributed by atoms with E-state index in [2.05, 4.69) is 9.97 Å². The molecule has 2 aromatic rings. The highest BCUT2D eigenvalue weighted by Gasteiger charge is 2.27. The maximum Gasteiger partial charge on any atom is 0.263 e. The Bertz CT molecular complexity index is 738. The van der Waals surface area contributed by atoms with Crippen LogP contribution >= 0.6 is 0 Å². The number of amides is 1. The van der Waals surface area contributed by atoms with Crippen LogP contribution < -0.4 is 10.5 Å². The average molecular weight is 316 g/mol. The number of aromatic nitrogens is 2. The second kappa shape index (κ2) is 6.20. The Hall–Kier alpha value is -2.70. The molecule has 0 aliphatic carbocycles. The minimum atomic E-state index is -0.785. The maximum absolute atomic E-state index is 13.6. The quantitative estimate of drug-likeness (QED) is 0.929. The Morgan fingerprint density at radius 1 is 1.43 bits per heavy atom. The molecule has 0 radical (unpaired) electrons. The summed E-state index contributed by atoms with van der Waals surface area (Å²) in [5.74, 6) is -0.446. The third kappa shape index (κ3) is 3.23. The lowest BCUT2D eigenvalue weighted by Gasteiger charge is -2.30. The highest BCUT2D eigenvalue weighted by molar-refractivity contribution is 5.81. The van der Waals surface area contributed by atoms with Crippen molar-refractivity contribution in [3.8, 4) is 5.75 Å². The maximum atomic E-state index is 13.6. The van der Waals surface area contributed by atoms with Crippen LogP contribution in [0.3, 0.4) is 0 Å². The highest BCUT2D eigenvalue weighted by Crippen LogP contribution is 2.21. The Balaban J connectivity index is 1.70. The number of carbonyl (C=O) groups excluding carboxylic acids is 1. The van der Waals surface area contributed by atoms with Crippen LogP contribution in [0.25, 0.3) is 0 Å². The summed E-state index contributed by atoms with van der Waals surface area (Å²) in [6, 6.07) is 6.02. The van der Waals surface area contributed by atoms with E-state index in [1.807, 2.05) is 0 Å². The van der Waals surface area contributed by atoms with Crippen LogP contribution in [0.2, 0.25) is 0 Å². The number of hydrogen-bond acceptors (Lipinski definition) is 5. The molecule has 0 saturated carbocycles. The van der Waals surface area contributed by atoms with E-state index in [4.69, 9.17) is 10.5 Å². The topological polar surface area (TPSA) is 81.3 Å². The number of nitrogens with two attached hydrogens (primary N) is 1. The largest absolute Gasteiger partial charge is 0.478 e. The number of nitrogens with zero attached hydrogens (tertiary/aromatic N) is 3. The van der Waals surface area contributed by atoms with Crippen molar-refractivity contribution in [3.63, 3.8) is 0 Å². The minimum Gasteiger partial charge on any atom is -0.478 e. The van der Waals surface area contributed by atoms with Crippen LogP contribution in [0.4, 0.5) is 10.3 Å². The smallest absolute Gasteiger partial charge is 0.263 e. The Morgan fingerprint density at radius 3 is 3.00 bits per heavy atom. The molecule has 1 aliphatic rings. The second-order valence-corrected chi connectivity index (χ2v) is 5.40. The van der Waals surface area contributed by atoms with Crippen molar-refractivity contribution >= 4 is 11.9 Å². The molecular formula is C16H17FN4O2. The molecule has 2 N–H and O–H groups in total. The SMILES string of the molecule is CC(Oc1ccccc1F)C(=O)N1CCc2cnc(N)nc2C1. The van der Waals surface area contributed by atoms with Crippen LogP contribution in [0, 0.1) is 5.82 Å². The standard InChI is InChI=1S/C16H17FN4O2/c1-10(23-14-5-3-2-4-12(14)17)15(22)21-7-6-11-8-19-16(18)20-13(11)9-21/h2-5,8,10H,6-7,9H2,1H3,(H2,18,19,20). The highest BCUT2D eigenvalue weighted by atomic mass is 19.1. The van der Waals surface area contributed by atoms with Crippen LogP contribution in [0.15, 0.2) is 30.5 Å². The number of nitrogen functional groups attached to an aromatic ring is 1. The first-order valence-corrected chi connectivity index (χ1v) is 7.35. The zero-order valence-electron chi connectivity index (χ0n) is 12.7. The van der Waals surface area contributed by atoms with E-state index in [1.54, 1.807) is 30.2 Å². The van der Waals surface area contributed by atoms with E-state index >= 15 is 0 Å². The van der Waals surface area contributed by atoms with Crippen LogP contribution in [0.5, 0.6) is 5.75 Å². The average Bonchev–Trinajstić information content (AvgIpc) is 2.55. The van der Waals surface area contributed by atoms with Crippen LogP contribution in [0.1, 0.15) is 18.2 Å². The number of carbonyl (C=O) groups is 1. The fourth-order valence-corrected chi connectivity index (χ4v) is 2.54. The van der Waals surface area contributed by atoms with E-state index in [0.29, 0.717) is 19.5 Å².